The zero-order valence-electron chi connectivity index (χ0n) is 74.9. The first kappa shape index (κ1) is 111. The van der Waals surface area contributed by atoms with Gasteiger partial charge in [-0.2, -0.15) is 10.2 Å². The molecule has 0 fully saturated rings. The van der Waals surface area contributed by atoms with Gasteiger partial charge in [0.15, 0.2) is 70.2 Å². The minimum atomic E-state index is -1.16. The molecule has 0 saturated carbocycles. The fourth-order valence-corrected chi connectivity index (χ4v) is 13.8. The number of nitrogens with zero attached hydrogens (tertiary/aromatic N) is 9. The molecule has 1 aliphatic heterocycles. The van der Waals surface area contributed by atoms with E-state index >= 15 is 0 Å². The topological polar surface area (TPSA) is 396 Å². The van der Waals surface area contributed by atoms with Gasteiger partial charge in [0.05, 0.1) is 56.1 Å². The molecule has 10 aromatic carbocycles. The maximum absolute atomic E-state index is 13.4. The van der Waals surface area contributed by atoms with Gasteiger partial charge in [-0.15, -0.1) is 37.2 Å². The number of pyridine rings is 2. The molecule has 0 unspecified atom stereocenters. The molecule has 4 aromatic heterocycles. The van der Waals surface area contributed by atoms with Gasteiger partial charge in [0.1, 0.15) is 11.6 Å². The Hall–Kier alpha value is -15.0. The maximum Gasteiger partial charge on any atom is 0.335 e. The maximum atomic E-state index is 13.4. The SMILES string of the molecule is CC.Cl.Cl.Cl.Cn1cc(-c2cnc(N)c(C3=Nc4ccc(C(=O)CCCc5ccc(F)c(F)c5)cc4C3)c2)cn1.Cn1cc(-c2cnc(N)c(C=O)c2)cn1.NCCc1ccc(F)c(F)c1.Nc1ccc(C(=O)CCCc2ccc(F)c(F)c2)cc1N.O=C(CCCc1ccc(F)c(F)c1)c1ccc(CCc2ccccc2)c([N+](=O)[O-])c1.O=C(O)c1ccc(CCc2ccccc2)c([N+](=O)[O-])c1. The lowest BCUT2D eigenvalue weighted by Crippen LogP contribution is -2.07. The number of fused-ring (bicyclic) bond motifs is 1. The molecule has 1 aliphatic rings. The summed E-state index contributed by atoms with van der Waals surface area (Å²) in [5.74, 6) is -7.70. The lowest BCUT2D eigenvalue weighted by molar-refractivity contribution is -0.385. The van der Waals surface area contributed by atoms with Crippen LogP contribution >= 0.6 is 37.2 Å². The summed E-state index contributed by atoms with van der Waals surface area (Å²) in [5, 5.41) is 39.6. The molecule has 15 rings (SSSR count). The Morgan fingerprint density at radius 3 is 1.20 bits per heavy atom. The number of nitrogens with two attached hydrogens (primary N) is 5. The van der Waals surface area contributed by atoms with E-state index in [-0.39, 0.29) is 89.3 Å². The number of carbonyl (C=O) groups is 5. The number of halogens is 11. The normalized spacial score (nSPS) is 10.6. The van der Waals surface area contributed by atoms with Crippen molar-refractivity contribution in [2.75, 3.05) is 29.5 Å². The van der Waals surface area contributed by atoms with E-state index in [1.165, 1.54) is 48.5 Å². The van der Waals surface area contributed by atoms with E-state index in [4.69, 9.17) is 38.8 Å². The summed E-state index contributed by atoms with van der Waals surface area (Å²) >= 11 is 0. The molecular weight excluding hydrogens is 1840 g/mol. The largest absolute Gasteiger partial charge is 0.478 e. The van der Waals surface area contributed by atoms with Gasteiger partial charge in [-0.25, -0.2) is 49.9 Å². The van der Waals surface area contributed by atoms with Gasteiger partial charge in [0.25, 0.3) is 11.4 Å². The number of carboxylic acids is 1. The highest BCUT2D eigenvalue weighted by Crippen LogP contribution is 2.34. The van der Waals surface area contributed by atoms with Gasteiger partial charge in [0, 0.05) is 132 Å². The number of hydrogen-bond acceptors (Lipinski definition) is 19. The second-order valence-electron chi connectivity index (χ2n) is 30.5. The minimum Gasteiger partial charge on any atom is -0.478 e. The smallest absolute Gasteiger partial charge is 0.335 e. The number of carboxylic acid groups (broad SMARTS) is 1. The summed E-state index contributed by atoms with van der Waals surface area (Å²) in [6.07, 6.45) is 18.5. The van der Waals surface area contributed by atoms with Crippen LogP contribution in [0.15, 0.2) is 261 Å². The van der Waals surface area contributed by atoms with Crippen molar-refractivity contribution < 1.29 is 74.0 Å². The molecule has 0 bridgehead atoms. The van der Waals surface area contributed by atoms with Crippen molar-refractivity contribution in [2.24, 2.45) is 24.8 Å². The number of aromatic nitrogens is 6. The number of benzene rings is 10. The second-order valence-corrected chi connectivity index (χ2v) is 30.5. The molecular formula is C102H101Cl3F8N14O10. The van der Waals surface area contributed by atoms with E-state index < -0.39 is 62.4 Å². The number of hydrogen-bond donors (Lipinski definition) is 6. The third-order valence-electron chi connectivity index (χ3n) is 21.0. The number of rotatable bonds is 30. The summed E-state index contributed by atoms with van der Waals surface area (Å²) < 4.78 is 107. The van der Waals surface area contributed by atoms with Gasteiger partial charge in [-0.3, -0.25) is 53.8 Å². The van der Waals surface area contributed by atoms with Crippen LogP contribution in [0.5, 0.6) is 0 Å². The number of anilines is 4. The number of aromatic carboxylic acids is 1. The van der Waals surface area contributed by atoms with E-state index in [0.717, 1.165) is 104 Å². The Kier molecular flexibility index (Phi) is 44.5. The molecule has 5 heterocycles. The van der Waals surface area contributed by atoms with Crippen molar-refractivity contribution in [3.63, 3.8) is 0 Å². The van der Waals surface area contributed by atoms with Crippen molar-refractivity contribution in [3.8, 4) is 22.3 Å². The van der Waals surface area contributed by atoms with Crippen LogP contribution in [0.3, 0.4) is 0 Å². The Labute approximate surface area is 804 Å². The van der Waals surface area contributed by atoms with Crippen LogP contribution < -0.4 is 28.7 Å². The molecule has 0 saturated heterocycles. The number of carbonyl (C=O) groups excluding carboxylic acids is 4. The second kappa shape index (κ2) is 55.0. The number of nitro benzene ring substituents is 2. The van der Waals surface area contributed by atoms with Crippen LogP contribution in [0.25, 0.3) is 22.3 Å². The summed E-state index contributed by atoms with van der Waals surface area (Å²) in [4.78, 5) is 93.3. The molecule has 0 spiro atoms. The molecule has 0 radical (unpaired) electrons. The fourth-order valence-electron chi connectivity index (χ4n) is 13.8. The number of ketones is 3. The van der Waals surface area contributed by atoms with Crippen LogP contribution in [0.1, 0.15) is 160 Å². The summed E-state index contributed by atoms with van der Waals surface area (Å²) in [6, 6.07) is 57.0. The average molecular weight is 1940 g/mol. The molecule has 0 amide bonds. The van der Waals surface area contributed by atoms with Crippen molar-refractivity contribution in [1.82, 2.24) is 29.5 Å². The van der Waals surface area contributed by atoms with E-state index in [1.54, 1.807) is 82.7 Å². The molecule has 24 nitrogen and oxygen atoms in total. The van der Waals surface area contributed by atoms with Gasteiger partial charge in [0.2, 0.25) is 0 Å². The quantitative estimate of drug-likeness (QED) is 0.00608. The van der Waals surface area contributed by atoms with E-state index in [2.05, 4.69) is 20.2 Å². The first-order chi connectivity index (χ1) is 64.3. The van der Waals surface area contributed by atoms with Crippen LogP contribution in [0.2, 0.25) is 0 Å². The van der Waals surface area contributed by atoms with Crippen LogP contribution in [0.4, 0.5) is 75.2 Å². The van der Waals surface area contributed by atoms with Crippen molar-refractivity contribution in [3.05, 3.63) is 406 Å². The Bertz CT molecular complexity index is 6520. The summed E-state index contributed by atoms with van der Waals surface area (Å²) in [6.45, 7) is 4.45. The van der Waals surface area contributed by atoms with Gasteiger partial charge in [-0.1, -0.05) is 117 Å². The first-order valence-electron chi connectivity index (χ1n) is 42.5. The first-order valence-corrected chi connectivity index (χ1v) is 42.5. The number of aldehydes is 1. The van der Waals surface area contributed by atoms with Crippen LogP contribution in [-0.4, -0.2) is 86.3 Å². The highest BCUT2D eigenvalue weighted by Gasteiger charge is 2.24. The third kappa shape index (κ3) is 33.6. The number of aryl methyl sites for hydroxylation is 9. The predicted octanol–water partition coefficient (Wildman–Crippen LogP) is 22.1. The Morgan fingerprint density at radius 1 is 0.416 bits per heavy atom. The summed E-state index contributed by atoms with van der Waals surface area (Å²) in [5.41, 5.74) is 43.4. The van der Waals surface area contributed by atoms with Gasteiger partial charge in [-0.05, 0) is 219 Å². The monoisotopic (exact) mass is 1940 g/mol. The lowest BCUT2D eigenvalue weighted by atomic mass is 9.98. The standard InChI is InChI=1S/C27H23F2N5O.C24H21F2NO3.C16H16F2N2O.C15H13NO4.C10H10N4O.C8H9F2N.C2H6.3ClH/c1-34-15-20(14-32-34)19-11-21(27(30)31-13-19)25-12-18-10-17(6-8-24(18)33-25)26(35)4-2-3-16-5-7-22(28)23(29)9-16;25-21-14-10-18(15-22(21)26)7-4-8-24(28)20-13-12-19(23(16-20)27(29)30)11-9-17-5-2-1-3-6-17;17-12-6-4-10(8-13(12)18)2-1-3-16(21)11-5-7-14(19)15(20)9-11;17-15(18)13-9-8-12(14(10-13)16(19)20)7-6-11-4-2-1-3-5-11;1-14-5-9(4-13-14)7-2-8(6-15)10(11)12-3-7;9-7-2-1-6(3-4-11)5-8(7)10;1-2;;;/h5-11,13-15H,2-4,12H2,1H3,(H2,30,31);1-3,5-6,10,12-16H,4,7-9,11H2;4-9H,1-3,19-20H2;1-5,8-10H,6-7H2,(H,17,18);2-6H,1H3,(H2,11,12);1-2,5H,3-4,11H2;1-2H3;3*1H. The number of Topliss-reactive ketones (excluding diaryl/α,β-unsaturated/α-hetero) is 3. The molecule has 137 heavy (non-hydrogen) atoms. The fraction of sp³-hybridized carbons (Fsp3) is 0.196. The molecule has 0 atom stereocenters. The minimum absolute atomic E-state index is 0. The van der Waals surface area contributed by atoms with Gasteiger partial charge < -0.3 is 33.8 Å². The van der Waals surface area contributed by atoms with E-state index in [1.807, 2.05) is 119 Å². The van der Waals surface area contributed by atoms with E-state index in [0.29, 0.717) is 164 Å². The van der Waals surface area contributed by atoms with Gasteiger partial charge >= 0.3 is 5.97 Å². The Morgan fingerprint density at radius 2 is 0.803 bits per heavy atom. The third-order valence-corrected chi connectivity index (χ3v) is 21.0. The van der Waals surface area contributed by atoms with Crippen LogP contribution in [-0.2, 0) is 71.9 Å². The summed E-state index contributed by atoms with van der Waals surface area (Å²) in [7, 11) is 3.68. The number of nitrogen functional groups attached to an aromatic ring is 4. The highest BCUT2D eigenvalue weighted by molar-refractivity contribution is 6.10. The zero-order chi connectivity index (χ0) is 97.1. The van der Waals surface area contributed by atoms with Crippen LogP contribution in [0, 0.1) is 66.8 Å². The highest BCUT2D eigenvalue weighted by atomic mass is 35.5. The number of nitro groups is 2. The molecule has 35 heteroatoms. The molecule has 716 valence electrons. The van der Waals surface area contributed by atoms with Crippen molar-refractivity contribution in [1.29, 1.82) is 0 Å². The van der Waals surface area contributed by atoms with E-state index in [9.17, 15) is 79.3 Å². The van der Waals surface area contributed by atoms with Crippen molar-refractivity contribution in [2.45, 2.75) is 110 Å². The molecule has 14 aromatic rings. The lowest BCUT2D eigenvalue weighted by Gasteiger charge is -2.07. The molecule has 0 aliphatic carbocycles. The average Bonchev–Trinajstić information content (AvgIpc) is 1.65. The zero-order valence-corrected chi connectivity index (χ0v) is 77.4. The van der Waals surface area contributed by atoms with Crippen molar-refractivity contribution >= 4 is 113 Å². The molecule has 11 N–H and O–H groups in total. The predicted molar refractivity (Wildman–Crippen MR) is 523 cm³/mol. The number of aliphatic imine (C=N–C) groups is 1. The Balaban J connectivity index is 0.000000259.